The van der Waals surface area contributed by atoms with Crippen molar-refractivity contribution in [1.29, 1.82) is 0 Å². The van der Waals surface area contributed by atoms with Gasteiger partial charge in [0.2, 0.25) is 17.6 Å². The van der Waals surface area contributed by atoms with E-state index >= 15 is 0 Å². The van der Waals surface area contributed by atoms with Gasteiger partial charge in [-0.3, -0.25) is 19.2 Å². The Balaban J connectivity index is 2.08. The molecule has 2 rings (SSSR count). The number of nitrogens with one attached hydrogen (secondary N) is 3. The van der Waals surface area contributed by atoms with E-state index in [2.05, 4.69) is 16.0 Å². The van der Waals surface area contributed by atoms with Crippen LogP contribution in [0.5, 0.6) is 0 Å². The fraction of sp³-hybridized carbons (Fsp3) is 0.560. The molecule has 3 atom stereocenters. The molecule has 0 aromatic heterocycles. The van der Waals surface area contributed by atoms with Crippen LogP contribution in [-0.4, -0.2) is 53.8 Å². The first-order chi connectivity index (χ1) is 16.4. The number of carbonyl (C=O) groups is 5. The third kappa shape index (κ3) is 9.03. The van der Waals surface area contributed by atoms with Crippen LogP contribution in [0, 0.1) is 11.8 Å². The van der Waals surface area contributed by atoms with Crippen molar-refractivity contribution in [3.8, 4) is 0 Å². The molecule has 1 fully saturated rings. The number of nitrogens with two attached hydrogens (primary N) is 1. The Hall–Kier alpha value is -3.43. The number of hydrogen-bond acceptors (Lipinski definition) is 6. The summed E-state index contributed by atoms with van der Waals surface area (Å²) in [6.45, 7) is 7.75. The van der Waals surface area contributed by atoms with Crippen LogP contribution in [0.25, 0.3) is 0 Å². The minimum atomic E-state index is -1.27. The normalized spacial score (nSPS) is 17.3. The first kappa shape index (κ1) is 27.8. The van der Waals surface area contributed by atoms with E-state index in [4.69, 9.17) is 10.5 Å². The van der Waals surface area contributed by atoms with Gasteiger partial charge in [0.1, 0.15) is 11.6 Å². The van der Waals surface area contributed by atoms with Gasteiger partial charge in [-0.1, -0.05) is 44.2 Å². The van der Waals surface area contributed by atoms with Gasteiger partial charge in [0.05, 0.1) is 6.04 Å². The molecule has 1 aliphatic rings. The number of hydrogen-bond donors (Lipinski definition) is 4. The Morgan fingerprint density at radius 2 is 1.77 bits per heavy atom. The van der Waals surface area contributed by atoms with Gasteiger partial charge in [-0.15, -0.1) is 0 Å². The van der Waals surface area contributed by atoms with E-state index in [1.54, 1.807) is 13.8 Å². The van der Waals surface area contributed by atoms with Gasteiger partial charge >= 0.3 is 6.09 Å². The standard InChI is InChI=1S/C25H36N4O6/c1-15(2)12-19(29-24(34)35-25(3,4)14-16-8-6-5-7-9-16)23(33)28-18(20(30)21(26)31)13-17-10-11-27-22(17)32/h5-9,15,17-19H,10-14H2,1-4H3,(H2,26,31)(H,27,32)(H,28,33)(H,29,34). The summed E-state index contributed by atoms with van der Waals surface area (Å²) in [5, 5.41) is 7.76. The largest absolute Gasteiger partial charge is 0.443 e. The summed E-state index contributed by atoms with van der Waals surface area (Å²) in [6, 6.07) is 7.26. The molecular weight excluding hydrogens is 452 g/mol. The molecule has 0 radical (unpaired) electrons. The van der Waals surface area contributed by atoms with Crippen LogP contribution in [0.3, 0.4) is 0 Å². The van der Waals surface area contributed by atoms with Gasteiger partial charge in [0.15, 0.2) is 0 Å². The fourth-order valence-electron chi connectivity index (χ4n) is 4.08. The van der Waals surface area contributed by atoms with E-state index in [-0.39, 0.29) is 24.7 Å². The van der Waals surface area contributed by atoms with Gasteiger partial charge in [-0.05, 0) is 44.6 Å². The van der Waals surface area contributed by atoms with Crippen LogP contribution in [0.15, 0.2) is 30.3 Å². The van der Waals surface area contributed by atoms with E-state index in [1.165, 1.54) is 0 Å². The number of carbonyl (C=O) groups excluding carboxylic acids is 5. The van der Waals surface area contributed by atoms with Gasteiger partial charge in [-0.2, -0.15) is 0 Å². The molecule has 1 aromatic carbocycles. The van der Waals surface area contributed by atoms with E-state index in [9.17, 15) is 24.0 Å². The zero-order chi connectivity index (χ0) is 26.2. The van der Waals surface area contributed by atoms with Gasteiger partial charge in [-0.25, -0.2) is 4.79 Å². The van der Waals surface area contributed by atoms with Gasteiger partial charge in [0, 0.05) is 18.9 Å². The topological polar surface area (TPSA) is 157 Å². The quantitative estimate of drug-likeness (QED) is 0.324. The highest BCUT2D eigenvalue weighted by molar-refractivity contribution is 6.37. The molecule has 5 N–H and O–H groups in total. The second-order valence-corrected chi connectivity index (χ2v) is 9.94. The van der Waals surface area contributed by atoms with Crippen molar-refractivity contribution in [1.82, 2.24) is 16.0 Å². The minimum Gasteiger partial charge on any atom is -0.443 e. The molecule has 0 bridgehead atoms. The average Bonchev–Trinajstić information content (AvgIpc) is 3.16. The van der Waals surface area contributed by atoms with Crippen molar-refractivity contribution < 1.29 is 28.7 Å². The monoisotopic (exact) mass is 488 g/mol. The molecule has 10 nitrogen and oxygen atoms in total. The number of primary amides is 1. The highest BCUT2D eigenvalue weighted by atomic mass is 16.6. The third-order valence-corrected chi connectivity index (χ3v) is 5.72. The summed E-state index contributed by atoms with van der Waals surface area (Å²) in [6.07, 6.45) is 0.387. The van der Waals surface area contributed by atoms with Crippen LogP contribution < -0.4 is 21.7 Å². The lowest BCUT2D eigenvalue weighted by atomic mass is 9.94. The molecule has 1 saturated heterocycles. The summed E-state index contributed by atoms with van der Waals surface area (Å²) in [4.78, 5) is 61.6. The molecule has 0 aliphatic carbocycles. The Kier molecular flexibility index (Phi) is 9.79. The smallest absolute Gasteiger partial charge is 0.408 e. The summed E-state index contributed by atoms with van der Waals surface area (Å²) in [5.74, 6) is -3.60. The SMILES string of the molecule is CC(C)CC(NC(=O)OC(C)(C)Cc1ccccc1)C(=O)NC(CC1CCNC1=O)C(=O)C(N)=O. The highest BCUT2D eigenvalue weighted by Crippen LogP contribution is 2.19. The second-order valence-electron chi connectivity index (χ2n) is 9.94. The second kappa shape index (κ2) is 12.3. The maximum Gasteiger partial charge on any atom is 0.408 e. The molecule has 1 aliphatic heterocycles. The molecule has 3 unspecified atom stereocenters. The predicted octanol–water partition coefficient (Wildman–Crippen LogP) is 1.21. The van der Waals surface area contributed by atoms with Crippen LogP contribution in [0.1, 0.15) is 52.5 Å². The van der Waals surface area contributed by atoms with Gasteiger partial charge < -0.3 is 26.4 Å². The number of alkyl carbamates (subject to hydrolysis) is 1. The average molecular weight is 489 g/mol. The van der Waals surface area contributed by atoms with E-state index in [0.717, 1.165) is 5.56 Å². The molecule has 192 valence electrons. The lowest BCUT2D eigenvalue weighted by molar-refractivity contribution is -0.139. The van der Waals surface area contributed by atoms with Crippen molar-refractivity contribution >= 4 is 29.6 Å². The maximum atomic E-state index is 13.1. The Labute approximate surface area is 205 Å². The predicted molar refractivity (Wildman–Crippen MR) is 129 cm³/mol. The Morgan fingerprint density at radius 3 is 2.31 bits per heavy atom. The van der Waals surface area contributed by atoms with Crippen molar-refractivity contribution in [2.45, 2.75) is 71.1 Å². The lowest BCUT2D eigenvalue weighted by Gasteiger charge is -2.28. The van der Waals surface area contributed by atoms with Crippen molar-refractivity contribution in [3.63, 3.8) is 0 Å². The molecule has 1 heterocycles. The van der Waals surface area contributed by atoms with Crippen LogP contribution >= 0.6 is 0 Å². The zero-order valence-electron chi connectivity index (χ0n) is 20.8. The fourth-order valence-corrected chi connectivity index (χ4v) is 4.08. The van der Waals surface area contributed by atoms with Crippen molar-refractivity contribution in [2.75, 3.05) is 6.54 Å². The van der Waals surface area contributed by atoms with Crippen LogP contribution in [-0.2, 0) is 30.3 Å². The van der Waals surface area contributed by atoms with Gasteiger partial charge in [0.25, 0.3) is 5.91 Å². The Morgan fingerprint density at radius 1 is 1.11 bits per heavy atom. The number of Topliss-reactive ketones (excluding diaryl/α,β-unsaturated/α-hetero) is 1. The minimum absolute atomic E-state index is 0.0225. The molecule has 0 spiro atoms. The summed E-state index contributed by atoms with van der Waals surface area (Å²) < 4.78 is 5.59. The van der Waals surface area contributed by atoms with Crippen molar-refractivity contribution in [3.05, 3.63) is 35.9 Å². The molecular formula is C25H36N4O6. The summed E-state index contributed by atoms with van der Waals surface area (Å²) >= 11 is 0. The summed E-state index contributed by atoms with van der Waals surface area (Å²) in [5.41, 5.74) is 5.31. The third-order valence-electron chi connectivity index (χ3n) is 5.72. The molecule has 35 heavy (non-hydrogen) atoms. The highest BCUT2D eigenvalue weighted by Gasteiger charge is 2.35. The first-order valence-corrected chi connectivity index (χ1v) is 11.8. The number of rotatable bonds is 12. The zero-order valence-corrected chi connectivity index (χ0v) is 20.8. The number of ether oxygens (including phenoxy) is 1. The van der Waals surface area contributed by atoms with E-state index < -0.39 is 47.3 Å². The van der Waals surface area contributed by atoms with Crippen LogP contribution in [0.4, 0.5) is 4.79 Å². The molecule has 0 saturated carbocycles. The van der Waals surface area contributed by atoms with E-state index in [0.29, 0.717) is 19.4 Å². The lowest BCUT2D eigenvalue weighted by Crippen LogP contribution is -2.55. The first-order valence-electron chi connectivity index (χ1n) is 11.8. The number of amides is 4. The number of benzene rings is 1. The van der Waals surface area contributed by atoms with Crippen LogP contribution in [0.2, 0.25) is 0 Å². The van der Waals surface area contributed by atoms with Crippen molar-refractivity contribution in [2.24, 2.45) is 17.6 Å². The number of ketones is 1. The summed E-state index contributed by atoms with van der Waals surface area (Å²) in [7, 11) is 0. The Bertz CT molecular complexity index is 931. The molecule has 1 aromatic rings. The van der Waals surface area contributed by atoms with E-state index in [1.807, 2.05) is 44.2 Å². The molecule has 10 heteroatoms. The molecule has 4 amide bonds. The maximum absolute atomic E-state index is 13.1.